The molecule has 0 bridgehead atoms. The third-order valence-electron chi connectivity index (χ3n) is 4.32. The maximum absolute atomic E-state index is 12.7. The van der Waals surface area contributed by atoms with Gasteiger partial charge in [-0.2, -0.15) is 0 Å². The molecule has 1 atom stereocenters. The molecule has 0 radical (unpaired) electrons. The zero-order valence-electron chi connectivity index (χ0n) is 15.7. The van der Waals surface area contributed by atoms with E-state index < -0.39 is 26.8 Å². The molecule has 3 aromatic rings. The van der Waals surface area contributed by atoms with Crippen molar-refractivity contribution in [2.24, 2.45) is 0 Å². The number of hydrogen-bond donors (Lipinski definition) is 3. The van der Waals surface area contributed by atoms with Gasteiger partial charge in [-0.05, 0) is 54.4 Å². The van der Waals surface area contributed by atoms with E-state index in [1.165, 1.54) is 12.1 Å². The van der Waals surface area contributed by atoms with Gasteiger partial charge in [-0.3, -0.25) is 0 Å². The standard InChI is InChI=1S/C20H18Cl2N2O4S2/c1-13-16(21)7-4-8-18(13)24-29(26)15-9-10-19(25)20(11-15)30(27,28)23-12-14-5-2-3-6-17(14)22/h2-11,23-25H,12H2,1H3. The van der Waals surface area contributed by atoms with Gasteiger partial charge in [0.15, 0.2) is 0 Å². The van der Waals surface area contributed by atoms with Crippen molar-refractivity contribution < 1.29 is 17.7 Å². The van der Waals surface area contributed by atoms with Gasteiger partial charge < -0.3 is 9.83 Å². The first kappa shape index (κ1) is 22.6. The van der Waals surface area contributed by atoms with E-state index in [1.807, 2.05) is 0 Å². The van der Waals surface area contributed by atoms with E-state index in [-0.39, 0.29) is 16.3 Å². The number of nitrogens with one attached hydrogen (secondary N) is 2. The molecule has 0 aliphatic carbocycles. The van der Waals surface area contributed by atoms with Gasteiger partial charge >= 0.3 is 0 Å². The van der Waals surface area contributed by atoms with E-state index in [9.17, 15) is 17.7 Å². The third-order valence-corrected chi connectivity index (χ3v) is 7.61. The van der Waals surface area contributed by atoms with Crippen molar-refractivity contribution in [3.05, 3.63) is 81.8 Å². The fourth-order valence-electron chi connectivity index (χ4n) is 2.59. The van der Waals surface area contributed by atoms with E-state index >= 15 is 0 Å². The van der Waals surface area contributed by atoms with Crippen molar-refractivity contribution in [3.63, 3.8) is 0 Å². The number of aromatic hydroxyl groups is 1. The fourth-order valence-corrected chi connectivity index (χ4v) is 5.13. The summed E-state index contributed by atoms with van der Waals surface area (Å²) in [6, 6.07) is 15.7. The molecule has 0 aromatic heterocycles. The number of anilines is 1. The highest BCUT2D eigenvalue weighted by Crippen LogP contribution is 2.28. The molecule has 3 N–H and O–H groups in total. The molecule has 10 heteroatoms. The lowest BCUT2D eigenvalue weighted by molar-refractivity contribution is 0.457. The highest BCUT2D eigenvalue weighted by atomic mass is 35.5. The zero-order valence-corrected chi connectivity index (χ0v) is 18.9. The Morgan fingerprint density at radius 3 is 2.43 bits per heavy atom. The number of sulfonamides is 1. The van der Waals surface area contributed by atoms with Crippen LogP contribution in [0.1, 0.15) is 11.1 Å². The molecule has 158 valence electrons. The quantitative estimate of drug-likeness (QED) is 0.455. The second kappa shape index (κ2) is 9.36. The second-order valence-electron chi connectivity index (χ2n) is 6.33. The lowest BCUT2D eigenvalue weighted by Crippen LogP contribution is -2.23. The molecule has 0 aliphatic rings. The van der Waals surface area contributed by atoms with Gasteiger partial charge in [-0.25, -0.2) is 17.3 Å². The van der Waals surface area contributed by atoms with Crippen LogP contribution in [0.25, 0.3) is 0 Å². The van der Waals surface area contributed by atoms with Crippen molar-refractivity contribution in [2.75, 3.05) is 4.72 Å². The summed E-state index contributed by atoms with van der Waals surface area (Å²) in [5, 5.41) is 11.0. The summed E-state index contributed by atoms with van der Waals surface area (Å²) in [4.78, 5) is -0.213. The van der Waals surface area contributed by atoms with Crippen LogP contribution in [0.15, 0.2) is 70.5 Å². The number of phenolic OH excluding ortho intramolecular Hbond substituents is 1. The molecule has 0 aliphatic heterocycles. The molecule has 3 aromatic carbocycles. The molecule has 0 fully saturated rings. The monoisotopic (exact) mass is 484 g/mol. The Balaban J connectivity index is 1.84. The lowest BCUT2D eigenvalue weighted by atomic mass is 10.2. The summed E-state index contributed by atoms with van der Waals surface area (Å²) in [6.07, 6.45) is 0. The number of rotatable bonds is 7. The highest BCUT2D eigenvalue weighted by molar-refractivity contribution is 7.89. The van der Waals surface area contributed by atoms with Crippen LogP contribution in [0, 0.1) is 6.92 Å². The molecule has 6 nitrogen and oxygen atoms in total. The molecular formula is C20H18Cl2N2O4S2. The van der Waals surface area contributed by atoms with Gasteiger partial charge in [-0.15, -0.1) is 0 Å². The maximum Gasteiger partial charge on any atom is 0.244 e. The van der Waals surface area contributed by atoms with Crippen LogP contribution >= 0.6 is 23.2 Å². The summed E-state index contributed by atoms with van der Waals surface area (Å²) in [5.74, 6) is -0.457. The molecule has 0 saturated heterocycles. The number of phenols is 1. The smallest absolute Gasteiger partial charge is 0.244 e. The van der Waals surface area contributed by atoms with Crippen LogP contribution in [-0.2, 0) is 27.6 Å². The summed E-state index contributed by atoms with van der Waals surface area (Å²) < 4.78 is 43.4. The number of benzene rings is 3. The minimum absolute atomic E-state index is 0.0608. The predicted molar refractivity (Wildman–Crippen MR) is 120 cm³/mol. The molecule has 30 heavy (non-hydrogen) atoms. The molecule has 0 spiro atoms. The molecular weight excluding hydrogens is 467 g/mol. The summed E-state index contributed by atoms with van der Waals surface area (Å²) in [7, 11) is -5.87. The van der Waals surface area contributed by atoms with E-state index in [0.29, 0.717) is 26.9 Å². The third kappa shape index (κ3) is 5.14. The van der Waals surface area contributed by atoms with Crippen molar-refractivity contribution in [1.82, 2.24) is 4.72 Å². The first-order valence-electron chi connectivity index (χ1n) is 8.68. The average molecular weight is 485 g/mol. The molecule has 0 heterocycles. The largest absolute Gasteiger partial charge is 0.507 e. The average Bonchev–Trinajstić information content (AvgIpc) is 2.71. The first-order chi connectivity index (χ1) is 14.2. The Labute approximate surface area is 187 Å². The van der Waals surface area contributed by atoms with E-state index in [4.69, 9.17) is 23.2 Å². The summed E-state index contributed by atoms with van der Waals surface area (Å²) in [6.45, 7) is 1.71. The lowest BCUT2D eigenvalue weighted by Gasteiger charge is -2.13. The van der Waals surface area contributed by atoms with Gasteiger partial charge in [0.25, 0.3) is 0 Å². The fraction of sp³-hybridized carbons (Fsp3) is 0.100. The molecule has 0 saturated carbocycles. The van der Waals surface area contributed by atoms with Crippen molar-refractivity contribution in [1.29, 1.82) is 0 Å². The zero-order chi connectivity index (χ0) is 21.9. The van der Waals surface area contributed by atoms with Crippen molar-refractivity contribution in [2.45, 2.75) is 23.3 Å². The minimum Gasteiger partial charge on any atom is -0.507 e. The van der Waals surface area contributed by atoms with Gasteiger partial charge in [0.05, 0.1) is 10.6 Å². The van der Waals surface area contributed by atoms with Gasteiger partial charge in [0, 0.05) is 16.6 Å². The summed E-state index contributed by atoms with van der Waals surface area (Å²) in [5.41, 5.74) is 1.84. The SMILES string of the molecule is Cc1c(Cl)cccc1NS(=O)c1ccc(O)c(S(=O)(=O)NCc2ccccc2Cl)c1. The number of hydrogen-bond acceptors (Lipinski definition) is 4. The Hall–Kier alpha value is -2.10. The van der Waals surface area contributed by atoms with Crippen LogP contribution in [0.2, 0.25) is 10.0 Å². The van der Waals surface area contributed by atoms with Crippen LogP contribution in [0.3, 0.4) is 0 Å². The van der Waals surface area contributed by atoms with Gasteiger partial charge in [0.1, 0.15) is 21.6 Å². The molecule has 1 unspecified atom stereocenters. The second-order valence-corrected chi connectivity index (χ2v) is 10.1. The number of halogens is 2. The highest BCUT2D eigenvalue weighted by Gasteiger charge is 2.21. The van der Waals surface area contributed by atoms with Crippen molar-refractivity contribution in [3.8, 4) is 5.75 Å². The van der Waals surface area contributed by atoms with Gasteiger partial charge in [0.2, 0.25) is 10.0 Å². The maximum atomic E-state index is 12.7. The first-order valence-corrected chi connectivity index (χ1v) is 12.1. The Morgan fingerprint density at radius 1 is 1.00 bits per heavy atom. The van der Waals surface area contributed by atoms with E-state index in [2.05, 4.69) is 9.44 Å². The predicted octanol–water partition coefficient (Wildman–Crippen LogP) is 4.62. The van der Waals surface area contributed by atoms with Crippen LogP contribution in [0.5, 0.6) is 5.75 Å². The van der Waals surface area contributed by atoms with Crippen molar-refractivity contribution >= 4 is 49.9 Å². The Morgan fingerprint density at radius 2 is 1.70 bits per heavy atom. The Bertz CT molecular complexity index is 1220. The van der Waals surface area contributed by atoms with Crippen LogP contribution in [-0.4, -0.2) is 17.7 Å². The van der Waals surface area contributed by atoms with E-state index in [0.717, 1.165) is 6.07 Å². The van der Waals surface area contributed by atoms with Crippen LogP contribution in [0.4, 0.5) is 5.69 Å². The summed E-state index contributed by atoms with van der Waals surface area (Å²) >= 11 is 12.1. The van der Waals surface area contributed by atoms with Gasteiger partial charge in [-0.1, -0.05) is 47.5 Å². The Kier molecular flexibility index (Phi) is 7.05. The normalized spacial score (nSPS) is 12.5. The molecule has 3 rings (SSSR count). The molecule has 0 amide bonds. The minimum atomic E-state index is -4.09. The van der Waals surface area contributed by atoms with E-state index in [1.54, 1.807) is 49.4 Å². The topological polar surface area (TPSA) is 95.5 Å². The van der Waals surface area contributed by atoms with Crippen LogP contribution < -0.4 is 9.44 Å².